The number of imide groups is 2. The first-order chi connectivity index (χ1) is 11.4. The van der Waals surface area contributed by atoms with Crippen molar-refractivity contribution in [2.45, 2.75) is 49.3 Å². The Hall–Kier alpha value is -2.43. The third-order valence-corrected chi connectivity index (χ3v) is 5.66. The topological polar surface area (TPSA) is 149 Å². The van der Waals surface area contributed by atoms with E-state index in [1.54, 1.807) is 0 Å². The van der Waals surface area contributed by atoms with Gasteiger partial charge in [-0.05, 0) is 13.8 Å². The van der Waals surface area contributed by atoms with Crippen LogP contribution in [-0.2, 0) is 28.8 Å². The van der Waals surface area contributed by atoms with E-state index in [9.17, 15) is 39.0 Å². The van der Waals surface area contributed by atoms with Gasteiger partial charge >= 0.3 is 11.9 Å². The van der Waals surface area contributed by atoms with Gasteiger partial charge in [0.05, 0.1) is 0 Å². The van der Waals surface area contributed by atoms with Crippen molar-refractivity contribution in [3.63, 3.8) is 0 Å². The highest BCUT2D eigenvalue weighted by Crippen LogP contribution is 2.45. The number of thioether (sulfide) groups is 1. The Morgan fingerprint density at radius 1 is 0.760 bits per heavy atom. The Balaban J connectivity index is 2.51. The molecule has 136 valence electrons. The van der Waals surface area contributed by atoms with Gasteiger partial charge in [0.1, 0.15) is 0 Å². The van der Waals surface area contributed by atoms with Crippen LogP contribution in [0.2, 0.25) is 0 Å². The second-order valence-electron chi connectivity index (χ2n) is 5.92. The lowest BCUT2D eigenvalue weighted by atomic mass is 10.2. The summed E-state index contributed by atoms with van der Waals surface area (Å²) in [6.45, 7) is 2.01. The summed E-state index contributed by atoms with van der Waals surface area (Å²) in [4.78, 5) is 68.0. The van der Waals surface area contributed by atoms with Crippen LogP contribution in [0, 0.1) is 0 Å². The maximum Gasteiger partial charge on any atom is 0.340 e. The van der Waals surface area contributed by atoms with E-state index >= 15 is 0 Å². The highest BCUT2D eigenvalue weighted by atomic mass is 32.2. The quantitative estimate of drug-likeness (QED) is 0.595. The number of rotatable bonds is 6. The molecule has 0 saturated carbocycles. The number of hydrogen-bond donors (Lipinski definition) is 2. The summed E-state index contributed by atoms with van der Waals surface area (Å²) in [5.74, 6) is -6.29. The molecule has 2 heterocycles. The van der Waals surface area contributed by atoms with Gasteiger partial charge in [0.25, 0.3) is 0 Å². The highest BCUT2D eigenvalue weighted by molar-refractivity contribution is 8.03. The molecule has 2 saturated heterocycles. The van der Waals surface area contributed by atoms with Crippen molar-refractivity contribution in [3.8, 4) is 0 Å². The fourth-order valence-electron chi connectivity index (χ4n) is 2.86. The highest BCUT2D eigenvalue weighted by Gasteiger charge is 2.59. The Morgan fingerprint density at radius 3 is 1.20 bits per heavy atom. The molecule has 11 heteroatoms. The molecule has 2 aliphatic rings. The zero-order valence-electron chi connectivity index (χ0n) is 13.5. The number of hydrogen-bond acceptors (Lipinski definition) is 7. The smallest absolute Gasteiger partial charge is 0.340 e. The van der Waals surface area contributed by atoms with Gasteiger partial charge in [-0.25, -0.2) is 9.59 Å². The molecule has 0 aromatic rings. The van der Waals surface area contributed by atoms with Crippen molar-refractivity contribution in [3.05, 3.63) is 0 Å². The van der Waals surface area contributed by atoms with Crippen molar-refractivity contribution in [2.75, 3.05) is 0 Å². The van der Waals surface area contributed by atoms with E-state index in [4.69, 9.17) is 0 Å². The minimum Gasteiger partial charge on any atom is -0.479 e. The summed E-state index contributed by atoms with van der Waals surface area (Å²) in [6.07, 6.45) is -0.748. The van der Waals surface area contributed by atoms with Crippen LogP contribution in [0.5, 0.6) is 0 Å². The fraction of sp³-hybridized carbons (Fsp3) is 0.571. The average molecular weight is 372 g/mol. The van der Waals surface area contributed by atoms with Crippen molar-refractivity contribution in [1.82, 2.24) is 9.80 Å². The third kappa shape index (κ3) is 2.88. The van der Waals surface area contributed by atoms with Gasteiger partial charge in [0, 0.05) is 25.7 Å². The van der Waals surface area contributed by atoms with Crippen molar-refractivity contribution < 1.29 is 39.0 Å². The lowest BCUT2D eigenvalue weighted by molar-refractivity contribution is -0.157. The second-order valence-corrected chi connectivity index (χ2v) is 7.72. The fourth-order valence-corrected chi connectivity index (χ4v) is 4.40. The lowest BCUT2D eigenvalue weighted by Gasteiger charge is -2.41. The van der Waals surface area contributed by atoms with Gasteiger partial charge in [-0.3, -0.25) is 29.0 Å². The van der Waals surface area contributed by atoms with Gasteiger partial charge in [-0.2, -0.15) is 0 Å². The summed E-state index contributed by atoms with van der Waals surface area (Å²) in [5, 5.41) is 19.2. The minimum absolute atomic E-state index is 0.187. The molecule has 4 amide bonds. The van der Waals surface area contributed by atoms with Crippen molar-refractivity contribution >= 4 is 47.3 Å². The van der Waals surface area contributed by atoms with Crippen LogP contribution in [-0.4, -0.2) is 65.3 Å². The molecule has 0 spiro atoms. The molecule has 0 radical (unpaired) electrons. The largest absolute Gasteiger partial charge is 0.479 e. The van der Waals surface area contributed by atoms with Crippen LogP contribution < -0.4 is 0 Å². The van der Waals surface area contributed by atoms with Gasteiger partial charge in [-0.15, -0.1) is 0 Å². The predicted octanol–water partition coefficient (Wildman–Crippen LogP) is -0.381. The molecular formula is C14H16N2O8S. The Labute approximate surface area is 146 Å². The summed E-state index contributed by atoms with van der Waals surface area (Å²) >= 11 is 0.190. The summed E-state index contributed by atoms with van der Waals surface area (Å²) in [5.41, 5.74) is 0. The molecule has 2 aliphatic heterocycles. The SMILES string of the molecule is CC(SC(C)(C(=O)O)N1C(=O)CCC1=O)(C(=O)O)N1C(=O)CCC1=O. The van der Waals surface area contributed by atoms with Crippen molar-refractivity contribution in [2.24, 2.45) is 0 Å². The van der Waals surface area contributed by atoms with Crippen LogP contribution in [0.3, 0.4) is 0 Å². The van der Waals surface area contributed by atoms with Gasteiger partial charge in [0.15, 0.2) is 9.74 Å². The normalized spacial score (nSPS) is 23.0. The Kier molecular flexibility index (Phi) is 4.64. The number of nitrogens with zero attached hydrogens (tertiary/aromatic N) is 2. The minimum atomic E-state index is -2.29. The zero-order chi connectivity index (χ0) is 19.2. The summed E-state index contributed by atoms with van der Waals surface area (Å²) < 4.78 is 0. The maximum atomic E-state index is 12.0. The molecule has 0 aliphatic carbocycles. The van der Waals surface area contributed by atoms with E-state index in [1.807, 2.05) is 0 Å². The summed E-state index contributed by atoms with van der Waals surface area (Å²) in [6, 6.07) is 0. The Bertz CT molecular complexity index is 617. The van der Waals surface area contributed by atoms with Gasteiger partial charge in [-0.1, -0.05) is 11.8 Å². The van der Waals surface area contributed by atoms with Crippen LogP contribution in [0.15, 0.2) is 0 Å². The van der Waals surface area contributed by atoms with Crippen LogP contribution in [0.4, 0.5) is 0 Å². The molecule has 10 nitrogen and oxygen atoms in total. The second kappa shape index (κ2) is 6.14. The molecule has 2 N–H and O–H groups in total. The number of carbonyl (C=O) groups is 6. The van der Waals surface area contributed by atoms with Crippen LogP contribution in [0.1, 0.15) is 39.5 Å². The molecule has 0 aromatic carbocycles. The number of carboxylic acid groups (broad SMARTS) is 2. The molecule has 0 bridgehead atoms. The van der Waals surface area contributed by atoms with Crippen LogP contribution >= 0.6 is 11.8 Å². The van der Waals surface area contributed by atoms with E-state index in [2.05, 4.69) is 0 Å². The molecule has 2 fully saturated rings. The van der Waals surface area contributed by atoms with Crippen molar-refractivity contribution in [1.29, 1.82) is 0 Å². The zero-order valence-corrected chi connectivity index (χ0v) is 14.3. The van der Waals surface area contributed by atoms with Gasteiger partial charge < -0.3 is 10.2 Å². The van der Waals surface area contributed by atoms with E-state index in [-0.39, 0.29) is 37.4 Å². The lowest BCUT2D eigenvalue weighted by Crippen LogP contribution is -2.60. The number of likely N-dealkylation sites (tertiary alicyclic amines) is 2. The molecule has 0 aromatic heterocycles. The first kappa shape index (κ1) is 18.9. The summed E-state index contributed by atoms with van der Waals surface area (Å²) in [7, 11) is 0. The number of carbonyl (C=O) groups excluding carboxylic acids is 4. The Morgan fingerprint density at radius 2 is 1.00 bits per heavy atom. The van der Waals surface area contributed by atoms with Crippen LogP contribution in [0.25, 0.3) is 0 Å². The van der Waals surface area contributed by atoms with Gasteiger partial charge in [0.2, 0.25) is 23.6 Å². The first-order valence-corrected chi connectivity index (χ1v) is 8.15. The number of amides is 4. The van der Waals surface area contributed by atoms with E-state index in [1.165, 1.54) is 0 Å². The number of carboxylic acids is 2. The van der Waals surface area contributed by atoms with E-state index < -0.39 is 45.3 Å². The molecule has 2 atom stereocenters. The van der Waals surface area contributed by atoms with E-state index in [0.29, 0.717) is 9.80 Å². The monoisotopic (exact) mass is 372 g/mol. The molecule has 2 unspecified atom stereocenters. The van der Waals surface area contributed by atoms with E-state index in [0.717, 1.165) is 13.8 Å². The first-order valence-electron chi connectivity index (χ1n) is 7.34. The molecule has 25 heavy (non-hydrogen) atoms. The maximum absolute atomic E-state index is 12.0. The number of aliphatic carboxylic acids is 2. The third-order valence-electron chi connectivity index (χ3n) is 4.15. The predicted molar refractivity (Wildman–Crippen MR) is 81.8 cm³/mol. The molecule has 2 rings (SSSR count). The average Bonchev–Trinajstić information content (AvgIpc) is 3.01. The standard InChI is InChI=1S/C14H16N2O8S/c1-13(11(21)22,15-7(17)3-4-8(15)18)25-14(2,12(23)24)16-9(19)5-6-10(16)20/h3-6H2,1-2H3,(H,21,22)(H,23,24). The molecular weight excluding hydrogens is 356 g/mol.